The first-order valence-electron chi connectivity index (χ1n) is 15.6. The fourth-order valence-corrected chi connectivity index (χ4v) is 9.27. The number of hydrogen-bond acceptors (Lipinski definition) is 7. The number of benzene rings is 4. The van der Waals surface area contributed by atoms with E-state index < -0.39 is 28.3 Å². The molecule has 12 heteroatoms. The molecular weight excluding hydrogens is 770 g/mol. The summed E-state index contributed by atoms with van der Waals surface area (Å²) in [5.74, 6) is 0.489. The molecule has 1 heterocycles. The summed E-state index contributed by atoms with van der Waals surface area (Å²) >= 11 is -2.21. The second kappa shape index (κ2) is 16.2. The van der Waals surface area contributed by atoms with Crippen LogP contribution in [0, 0.1) is 58.3 Å². The summed E-state index contributed by atoms with van der Waals surface area (Å²) < 4.78 is 32.9. The van der Waals surface area contributed by atoms with Gasteiger partial charge in [-0.3, -0.25) is 0 Å². The number of anilines is 2. The van der Waals surface area contributed by atoms with Crippen molar-refractivity contribution >= 4 is 50.9 Å². The fourth-order valence-electron chi connectivity index (χ4n) is 6.19. The number of hydrogen-bond donors (Lipinski definition) is 0. The predicted molar refractivity (Wildman–Crippen MR) is 198 cm³/mol. The summed E-state index contributed by atoms with van der Waals surface area (Å²) in [5, 5.41) is 10.7. The van der Waals surface area contributed by atoms with E-state index >= 15 is 0 Å². The molecule has 4 aromatic carbocycles. The van der Waals surface area contributed by atoms with E-state index in [2.05, 4.69) is 82.3 Å². The third-order valence-electron chi connectivity index (χ3n) is 7.90. The van der Waals surface area contributed by atoms with Crippen LogP contribution in [0.1, 0.15) is 52.8 Å². The number of halogens is 2. The summed E-state index contributed by atoms with van der Waals surface area (Å²) in [7, 11) is 8.02. The molecule has 0 amide bonds. The number of sulfone groups is 1. The summed E-state index contributed by atoms with van der Waals surface area (Å²) in [5.41, 5.74) is 11.2. The number of aryl methyl sites for hydroxylation is 6. The standard InChI is InChI=1S/C21H27N2.C16H15NO5S.2ClH.Ru/c1-14-9-16(3)20(17(4)10-14)22-7-8-23(13-22)21-18(5)11-15(2)12-19(21)6;1-11(2)22-16-9-8-15(10-12(16)3)23(20,21)14-6-4-13(5-7-14)17(18)19;;;/h9-13H,7-8H2,1-6H3;3-11H,1-2H3;2*1H;/q-1;;;;+2/p-2. The number of nitro groups is 1. The van der Waals surface area contributed by atoms with E-state index in [0.29, 0.717) is 11.3 Å². The van der Waals surface area contributed by atoms with Gasteiger partial charge >= 0.3 is 165 Å². The maximum absolute atomic E-state index is 12.8. The van der Waals surface area contributed by atoms with Crippen LogP contribution >= 0.6 is 19.4 Å². The molecule has 0 unspecified atom stereocenters. The number of nitrogens with zero attached hydrogens (tertiary/aromatic N) is 3. The van der Waals surface area contributed by atoms with Gasteiger partial charge in [0, 0.05) is 24.5 Å². The van der Waals surface area contributed by atoms with Gasteiger partial charge in [0.2, 0.25) is 0 Å². The molecule has 0 N–H and O–H groups in total. The molecule has 0 aromatic heterocycles. The number of non-ortho nitro benzene ring substituents is 1. The minimum Gasteiger partial charge on any atom is -0.502 e. The van der Waals surface area contributed by atoms with E-state index in [1.165, 1.54) is 69.0 Å². The van der Waals surface area contributed by atoms with Crippen molar-refractivity contribution in [3.63, 3.8) is 0 Å². The van der Waals surface area contributed by atoms with E-state index in [4.69, 9.17) is 24.1 Å². The van der Waals surface area contributed by atoms with Crippen molar-refractivity contribution in [3.8, 4) is 5.75 Å². The molecule has 1 aliphatic rings. The van der Waals surface area contributed by atoms with Crippen molar-refractivity contribution < 1.29 is 31.6 Å². The van der Waals surface area contributed by atoms with Crippen molar-refractivity contribution in [2.45, 2.75) is 71.3 Å². The summed E-state index contributed by atoms with van der Waals surface area (Å²) in [6, 6.07) is 18.2. The Morgan fingerprint density at radius 3 is 1.65 bits per heavy atom. The second-order valence-corrected chi connectivity index (χ2v) is 20.1. The van der Waals surface area contributed by atoms with E-state index in [-0.39, 0.29) is 21.6 Å². The Hall–Kier alpha value is -3.30. The zero-order valence-corrected chi connectivity index (χ0v) is 33.0. The smallest absolute Gasteiger partial charge is 0.0146 e. The van der Waals surface area contributed by atoms with Gasteiger partial charge in [0.05, 0.1) is 0 Å². The molecule has 5 rings (SSSR count). The van der Waals surface area contributed by atoms with E-state index in [1.807, 2.05) is 13.8 Å². The van der Waals surface area contributed by atoms with Gasteiger partial charge in [-0.1, -0.05) is 35.4 Å². The molecule has 4 aromatic rings. The minimum absolute atomic E-state index is 0.0254. The Bertz CT molecular complexity index is 1890. The molecule has 0 radical (unpaired) electrons. The third-order valence-corrected chi connectivity index (χ3v) is 11.5. The summed E-state index contributed by atoms with van der Waals surface area (Å²) in [4.78, 5) is 14.9. The van der Waals surface area contributed by atoms with Gasteiger partial charge in [-0.2, -0.15) is 6.67 Å². The zero-order valence-electron chi connectivity index (χ0n) is 28.9. The molecule has 0 saturated carbocycles. The third kappa shape index (κ3) is 9.49. The Labute approximate surface area is 303 Å². The average molecular weight is 813 g/mol. The Kier molecular flexibility index (Phi) is 12.7. The van der Waals surface area contributed by atoms with Gasteiger partial charge < -0.3 is 9.80 Å². The molecule has 0 bridgehead atoms. The maximum atomic E-state index is 12.8. The SMILES string of the molecule is CC(C)Oc1ccc(S(=O)(=O)c2ccc([N+](=O)[O-])cc2)cc1[CH]=[Ru]([Cl])[Cl].Cc1cc(C)c(N2[CH-]N(c3c(C)cc(C)cc3C)CC2)c(C)c1. The molecule has 1 fully saturated rings. The molecule has 264 valence electrons. The monoisotopic (exact) mass is 812 g/mol. The van der Waals surface area contributed by atoms with Crippen molar-refractivity contribution in [3.05, 3.63) is 122 Å². The van der Waals surface area contributed by atoms with Crippen LogP contribution in [0.4, 0.5) is 17.1 Å². The van der Waals surface area contributed by atoms with Gasteiger partial charge in [-0.25, -0.2) is 0 Å². The van der Waals surface area contributed by atoms with Crippen molar-refractivity contribution in [2.75, 3.05) is 22.9 Å². The first kappa shape index (κ1) is 38.5. The number of rotatable bonds is 8. The summed E-state index contributed by atoms with van der Waals surface area (Å²) in [6.45, 7) is 21.3. The Morgan fingerprint density at radius 2 is 1.24 bits per heavy atom. The Morgan fingerprint density at radius 1 is 0.796 bits per heavy atom. The van der Waals surface area contributed by atoms with Gasteiger partial charge in [0.25, 0.3) is 0 Å². The quantitative estimate of drug-likeness (QED) is 0.0758. The maximum Gasteiger partial charge on any atom is 0.0146 e. The molecule has 0 atom stereocenters. The first-order valence-corrected chi connectivity index (χ1v) is 22.6. The van der Waals surface area contributed by atoms with Gasteiger partial charge in [0.15, 0.2) is 0 Å². The summed E-state index contributed by atoms with van der Waals surface area (Å²) in [6.07, 6.45) is -0.106. The van der Waals surface area contributed by atoms with Crippen LogP contribution < -0.4 is 14.5 Å². The second-order valence-electron chi connectivity index (χ2n) is 12.4. The van der Waals surface area contributed by atoms with Crippen molar-refractivity contribution in [1.29, 1.82) is 0 Å². The Balaban J connectivity index is 0.000000222. The molecular formula is C37H42Cl2N3O5RuS-. The number of nitro benzene ring substituents is 1. The van der Waals surface area contributed by atoms with E-state index in [0.717, 1.165) is 25.2 Å². The van der Waals surface area contributed by atoms with Gasteiger partial charge in [-0.15, -0.1) is 0 Å². The number of ether oxygens (including phenoxy) is 1. The van der Waals surface area contributed by atoms with Gasteiger partial charge in [0.1, 0.15) is 0 Å². The zero-order chi connectivity index (χ0) is 36.2. The van der Waals surface area contributed by atoms with Crippen molar-refractivity contribution in [1.82, 2.24) is 0 Å². The molecule has 0 spiro atoms. The average Bonchev–Trinajstić information content (AvgIpc) is 3.45. The molecule has 49 heavy (non-hydrogen) atoms. The van der Waals surface area contributed by atoms with Gasteiger partial charge in [-0.05, 0) is 63.8 Å². The molecule has 1 aliphatic heterocycles. The molecule has 0 aliphatic carbocycles. The molecule has 1 saturated heterocycles. The van der Waals surface area contributed by atoms with Crippen LogP contribution in [0.5, 0.6) is 5.75 Å². The van der Waals surface area contributed by atoms with Crippen LogP contribution in [0.3, 0.4) is 0 Å². The minimum atomic E-state index is -3.85. The first-order chi connectivity index (χ1) is 23.0. The van der Waals surface area contributed by atoms with Crippen LogP contribution in [-0.4, -0.2) is 37.1 Å². The van der Waals surface area contributed by atoms with Crippen LogP contribution in [-0.2, 0) is 23.4 Å². The largest absolute Gasteiger partial charge is 0.502 e. The van der Waals surface area contributed by atoms with E-state index in [9.17, 15) is 18.5 Å². The topological polar surface area (TPSA) is 93.0 Å². The van der Waals surface area contributed by atoms with E-state index in [1.54, 1.807) is 10.7 Å². The normalized spacial score (nSPS) is 13.2. The van der Waals surface area contributed by atoms with Crippen LogP contribution in [0.2, 0.25) is 0 Å². The molecule has 8 nitrogen and oxygen atoms in total. The van der Waals surface area contributed by atoms with Crippen LogP contribution in [0.25, 0.3) is 0 Å². The van der Waals surface area contributed by atoms with Crippen LogP contribution in [0.15, 0.2) is 76.5 Å². The predicted octanol–water partition coefficient (Wildman–Crippen LogP) is 9.27. The fraction of sp³-hybridized carbons (Fsp3) is 0.297. The van der Waals surface area contributed by atoms with Crippen molar-refractivity contribution in [2.24, 2.45) is 0 Å².